The Hall–Kier alpha value is -0.100. The highest BCUT2D eigenvalue weighted by atomic mass is 79.9. The van der Waals surface area contributed by atoms with Crippen molar-refractivity contribution in [3.8, 4) is 0 Å². The molecule has 18 heavy (non-hydrogen) atoms. The van der Waals surface area contributed by atoms with Crippen LogP contribution in [0.4, 0.5) is 0 Å². The molecule has 0 fully saturated rings. The van der Waals surface area contributed by atoms with Crippen LogP contribution in [0.3, 0.4) is 0 Å². The van der Waals surface area contributed by atoms with E-state index in [4.69, 9.17) is 11.6 Å². The molecule has 0 saturated heterocycles. The Kier molecular flexibility index (Phi) is 5.65. The highest BCUT2D eigenvalue weighted by molar-refractivity contribution is 9.10. The molecule has 1 rings (SSSR count). The molecule has 3 nitrogen and oxygen atoms in total. The van der Waals surface area contributed by atoms with E-state index in [0.29, 0.717) is 6.54 Å². The predicted molar refractivity (Wildman–Crippen MR) is 81.2 cm³/mol. The molecule has 0 aliphatic carbocycles. The van der Waals surface area contributed by atoms with Crippen LogP contribution in [0, 0.1) is 0 Å². The van der Waals surface area contributed by atoms with Crippen molar-refractivity contribution >= 4 is 44.8 Å². The quantitative estimate of drug-likeness (QED) is 0.869. The largest absolute Gasteiger partial charge is 0.350 e. The summed E-state index contributed by atoms with van der Waals surface area (Å²) >= 11 is 10.8. The Morgan fingerprint density at radius 2 is 2.17 bits per heavy atom. The van der Waals surface area contributed by atoms with E-state index in [2.05, 4.69) is 26.6 Å². The van der Waals surface area contributed by atoms with E-state index >= 15 is 0 Å². The van der Waals surface area contributed by atoms with Gasteiger partial charge >= 0.3 is 0 Å². The molecule has 2 N–H and O–H groups in total. The van der Waals surface area contributed by atoms with Crippen LogP contribution >= 0.6 is 38.9 Å². The average Bonchev–Trinajstić information content (AvgIpc) is 2.52. The van der Waals surface area contributed by atoms with E-state index in [1.165, 1.54) is 11.3 Å². The zero-order valence-corrected chi connectivity index (χ0v) is 14.1. The molecule has 1 aromatic rings. The Morgan fingerprint density at radius 1 is 1.56 bits per heavy atom. The van der Waals surface area contributed by atoms with E-state index in [0.717, 1.165) is 13.7 Å². The summed E-state index contributed by atoms with van der Waals surface area (Å²) in [5.41, 5.74) is -0.206. The third kappa shape index (κ3) is 5.26. The fraction of sp³-hybridized carbons (Fsp3) is 0.583. The highest BCUT2D eigenvalue weighted by Gasteiger charge is 2.18. The molecule has 0 saturated carbocycles. The Balaban J connectivity index is 2.46. The van der Waals surface area contributed by atoms with Gasteiger partial charge in [0.1, 0.15) is 4.34 Å². The van der Waals surface area contributed by atoms with Crippen molar-refractivity contribution < 1.29 is 4.79 Å². The van der Waals surface area contributed by atoms with Crippen LogP contribution in [0.15, 0.2) is 10.5 Å². The number of thiophene rings is 1. The molecule has 1 atom stereocenters. The predicted octanol–water partition coefficient (Wildman–Crippen LogP) is 3.56. The lowest BCUT2D eigenvalue weighted by molar-refractivity contribution is -0.124. The summed E-state index contributed by atoms with van der Waals surface area (Å²) in [4.78, 5) is 12.9. The molecule has 1 heterocycles. The van der Waals surface area contributed by atoms with Crippen molar-refractivity contribution in [1.82, 2.24) is 10.6 Å². The fourth-order valence-corrected chi connectivity index (χ4v) is 3.04. The molecule has 102 valence electrons. The van der Waals surface area contributed by atoms with Gasteiger partial charge in [0.2, 0.25) is 5.91 Å². The molecule has 6 heteroatoms. The first kappa shape index (κ1) is 16.0. The van der Waals surface area contributed by atoms with E-state index in [1.54, 1.807) is 0 Å². The molecule has 0 bridgehead atoms. The Bertz CT molecular complexity index is 409. The van der Waals surface area contributed by atoms with E-state index in [1.807, 2.05) is 33.8 Å². The zero-order chi connectivity index (χ0) is 13.9. The maximum atomic E-state index is 11.8. The Morgan fingerprint density at radius 3 is 2.61 bits per heavy atom. The second kappa shape index (κ2) is 6.37. The minimum atomic E-state index is -0.233. The van der Waals surface area contributed by atoms with E-state index in [9.17, 15) is 4.79 Å². The molecule has 0 aromatic carbocycles. The number of rotatable bonds is 4. The van der Waals surface area contributed by atoms with E-state index in [-0.39, 0.29) is 17.5 Å². The van der Waals surface area contributed by atoms with Gasteiger partial charge in [0.05, 0.1) is 6.04 Å². The molecule has 1 aromatic heterocycles. The van der Waals surface area contributed by atoms with Crippen molar-refractivity contribution in [2.24, 2.45) is 0 Å². The molecule has 0 aliphatic heterocycles. The van der Waals surface area contributed by atoms with Gasteiger partial charge in [-0.2, -0.15) is 0 Å². The minimum absolute atomic E-state index is 0.00391. The summed E-state index contributed by atoms with van der Waals surface area (Å²) < 4.78 is 1.64. The van der Waals surface area contributed by atoms with Gasteiger partial charge in [-0.05, 0) is 49.7 Å². The van der Waals surface area contributed by atoms with Gasteiger partial charge in [-0.1, -0.05) is 11.6 Å². The van der Waals surface area contributed by atoms with Gasteiger partial charge in [0, 0.05) is 21.4 Å². The summed E-state index contributed by atoms with van der Waals surface area (Å²) in [6, 6.07) is 1.73. The van der Waals surface area contributed by atoms with Crippen molar-refractivity contribution in [2.45, 2.75) is 45.8 Å². The molecular weight excluding hydrogens is 336 g/mol. The third-order valence-electron chi connectivity index (χ3n) is 2.17. The monoisotopic (exact) mass is 352 g/mol. The summed E-state index contributed by atoms with van der Waals surface area (Å²) in [6.45, 7) is 8.38. The second-order valence-electron chi connectivity index (χ2n) is 5.18. The van der Waals surface area contributed by atoms with Crippen LogP contribution in [0.1, 0.15) is 32.6 Å². The van der Waals surface area contributed by atoms with Gasteiger partial charge in [-0.3, -0.25) is 4.79 Å². The molecule has 0 spiro atoms. The van der Waals surface area contributed by atoms with Crippen LogP contribution in [-0.2, 0) is 11.3 Å². The minimum Gasteiger partial charge on any atom is -0.350 e. The first-order valence-electron chi connectivity index (χ1n) is 5.68. The van der Waals surface area contributed by atoms with Gasteiger partial charge in [-0.25, -0.2) is 0 Å². The number of amides is 1. The number of hydrogen-bond acceptors (Lipinski definition) is 3. The lowest BCUT2D eigenvalue weighted by Crippen LogP contribution is -2.49. The summed E-state index contributed by atoms with van der Waals surface area (Å²) in [6.07, 6.45) is 0. The fourth-order valence-electron chi connectivity index (χ4n) is 1.30. The highest BCUT2D eigenvalue weighted by Crippen LogP contribution is 2.31. The van der Waals surface area contributed by atoms with Gasteiger partial charge in [0.15, 0.2) is 0 Å². The first-order chi connectivity index (χ1) is 8.19. The molecular formula is C12H18BrClN2OS. The smallest absolute Gasteiger partial charge is 0.237 e. The third-order valence-corrected chi connectivity index (χ3v) is 4.64. The summed E-state index contributed by atoms with van der Waals surface area (Å²) in [5, 5.41) is 6.12. The zero-order valence-electron chi connectivity index (χ0n) is 10.9. The Labute approximate surface area is 125 Å². The summed E-state index contributed by atoms with van der Waals surface area (Å²) in [5.74, 6) is 0.00391. The SMILES string of the molecule is CC(NCc1cc(Br)c(Cl)s1)C(=O)NC(C)(C)C. The first-order valence-corrected chi connectivity index (χ1v) is 7.67. The second-order valence-corrected chi connectivity index (χ2v) is 7.77. The lowest BCUT2D eigenvalue weighted by atomic mass is 10.1. The number of carbonyl (C=O) groups is 1. The maximum Gasteiger partial charge on any atom is 0.237 e. The van der Waals surface area contributed by atoms with Crippen molar-refractivity contribution in [2.75, 3.05) is 0 Å². The molecule has 1 amide bonds. The van der Waals surface area contributed by atoms with Crippen LogP contribution in [0.5, 0.6) is 0 Å². The molecule has 0 aliphatic rings. The van der Waals surface area contributed by atoms with Crippen LogP contribution < -0.4 is 10.6 Å². The van der Waals surface area contributed by atoms with E-state index < -0.39 is 0 Å². The number of hydrogen-bond donors (Lipinski definition) is 2. The average molecular weight is 354 g/mol. The number of carbonyl (C=O) groups excluding carboxylic acids is 1. The molecule has 1 unspecified atom stereocenters. The standard InChI is InChI=1S/C12H18BrClN2OS/c1-7(11(17)16-12(2,3)4)15-6-8-5-9(13)10(14)18-8/h5,7,15H,6H2,1-4H3,(H,16,17). The summed E-state index contributed by atoms with van der Waals surface area (Å²) in [7, 11) is 0. The number of nitrogens with one attached hydrogen (secondary N) is 2. The number of halogens is 2. The van der Waals surface area contributed by atoms with Crippen LogP contribution in [-0.4, -0.2) is 17.5 Å². The van der Waals surface area contributed by atoms with Crippen molar-refractivity contribution in [3.05, 3.63) is 19.8 Å². The van der Waals surface area contributed by atoms with Crippen LogP contribution in [0.2, 0.25) is 4.34 Å². The van der Waals surface area contributed by atoms with Crippen molar-refractivity contribution in [3.63, 3.8) is 0 Å². The van der Waals surface area contributed by atoms with Gasteiger partial charge in [-0.15, -0.1) is 11.3 Å². The lowest BCUT2D eigenvalue weighted by Gasteiger charge is -2.23. The topological polar surface area (TPSA) is 41.1 Å². The maximum absolute atomic E-state index is 11.8. The van der Waals surface area contributed by atoms with Crippen molar-refractivity contribution in [1.29, 1.82) is 0 Å². The van der Waals surface area contributed by atoms with Gasteiger partial charge < -0.3 is 10.6 Å². The normalized spacial score (nSPS) is 13.4. The van der Waals surface area contributed by atoms with Gasteiger partial charge in [0.25, 0.3) is 0 Å². The molecule has 0 radical (unpaired) electrons. The van der Waals surface area contributed by atoms with Crippen LogP contribution in [0.25, 0.3) is 0 Å².